The van der Waals surface area contributed by atoms with Crippen LogP contribution in [0, 0.1) is 5.92 Å². The van der Waals surface area contributed by atoms with Gasteiger partial charge in [0.2, 0.25) is 11.8 Å². The molecular weight excluding hydrogens is 226 g/mol. The number of anilines is 1. The molecule has 18 heavy (non-hydrogen) atoms. The molecule has 0 aliphatic rings. The number of nitrogens with zero attached hydrogens (tertiary/aromatic N) is 2. The number of hydrogen-bond donors (Lipinski definition) is 1. The molecule has 1 aromatic heterocycles. The maximum Gasteiger partial charge on any atom is 0.226 e. The average molecular weight is 245 g/mol. The second-order valence-corrected chi connectivity index (χ2v) is 4.61. The lowest BCUT2D eigenvalue weighted by molar-refractivity contribution is 0.246. The summed E-state index contributed by atoms with van der Waals surface area (Å²) in [6, 6.07) is 7.74. The topological polar surface area (TPSA) is 61.0 Å². The van der Waals surface area contributed by atoms with E-state index >= 15 is 0 Å². The Kier molecular flexibility index (Phi) is 3.97. The third-order valence-corrected chi connectivity index (χ3v) is 2.87. The monoisotopic (exact) mass is 245 g/mol. The standard InChI is InChI=1S/C14H19N3O/c1-3-6-10(2)9-18-13-11-7-4-5-8-12(11)16-14(15)17-13/h4-5,7-8,10H,3,6,9H2,1-2H3,(H2,15,16,17). The fourth-order valence-electron chi connectivity index (χ4n) is 1.97. The van der Waals surface area contributed by atoms with Gasteiger partial charge in [-0.1, -0.05) is 32.4 Å². The van der Waals surface area contributed by atoms with E-state index in [-0.39, 0.29) is 5.95 Å². The van der Waals surface area contributed by atoms with Gasteiger partial charge in [0.25, 0.3) is 0 Å². The highest BCUT2D eigenvalue weighted by atomic mass is 16.5. The lowest BCUT2D eigenvalue weighted by Crippen LogP contribution is -2.10. The first-order valence-corrected chi connectivity index (χ1v) is 6.35. The number of aromatic nitrogens is 2. The number of benzene rings is 1. The Hall–Kier alpha value is -1.84. The molecule has 0 fully saturated rings. The summed E-state index contributed by atoms with van der Waals surface area (Å²) in [7, 11) is 0. The van der Waals surface area contributed by atoms with E-state index < -0.39 is 0 Å². The molecule has 0 saturated heterocycles. The van der Waals surface area contributed by atoms with E-state index in [1.165, 1.54) is 0 Å². The van der Waals surface area contributed by atoms with Gasteiger partial charge in [-0.15, -0.1) is 0 Å². The summed E-state index contributed by atoms with van der Waals surface area (Å²) in [5.74, 6) is 1.36. The van der Waals surface area contributed by atoms with Crippen LogP contribution in [0.3, 0.4) is 0 Å². The molecular formula is C14H19N3O. The summed E-state index contributed by atoms with van der Waals surface area (Å²) >= 11 is 0. The lowest BCUT2D eigenvalue weighted by atomic mass is 10.1. The van der Waals surface area contributed by atoms with Gasteiger partial charge in [-0.05, 0) is 24.5 Å². The molecule has 0 saturated carbocycles. The predicted molar refractivity (Wildman–Crippen MR) is 73.5 cm³/mol. The first-order chi connectivity index (χ1) is 8.70. The van der Waals surface area contributed by atoms with E-state index in [1.54, 1.807) is 0 Å². The predicted octanol–water partition coefficient (Wildman–Crippen LogP) is 3.03. The Morgan fingerprint density at radius 1 is 1.28 bits per heavy atom. The van der Waals surface area contributed by atoms with Gasteiger partial charge in [-0.3, -0.25) is 0 Å². The molecule has 2 N–H and O–H groups in total. The zero-order valence-corrected chi connectivity index (χ0v) is 10.9. The van der Waals surface area contributed by atoms with Gasteiger partial charge in [0.05, 0.1) is 17.5 Å². The fraction of sp³-hybridized carbons (Fsp3) is 0.429. The van der Waals surface area contributed by atoms with Gasteiger partial charge in [0.1, 0.15) is 0 Å². The molecule has 4 heteroatoms. The highest BCUT2D eigenvalue weighted by molar-refractivity contribution is 5.84. The van der Waals surface area contributed by atoms with E-state index in [2.05, 4.69) is 23.8 Å². The first kappa shape index (κ1) is 12.6. The summed E-state index contributed by atoms with van der Waals surface area (Å²) in [4.78, 5) is 8.36. The van der Waals surface area contributed by atoms with Crippen molar-refractivity contribution >= 4 is 16.9 Å². The average Bonchev–Trinajstić information content (AvgIpc) is 2.36. The molecule has 0 aliphatic carbocycles. The van der Waals surface area contributed by atoms with Crippen molar-refractivity contribution in [1.29, 1.82) is 0 Å². The van der Waals surface area contributed by atoms with E-state index in [1.807, 2.05) is 24.3 Å². The molecule has 0 spiro atoms. The smallest absolute Gasteiger partial charge is 0.226 e. The van der Waals surface area contributed by atoms with Gasteiger partial charge in [-0.2, -0.15) is 4.98 Å². The Labute approximate surface area is 107 Å². The minimum atomic E-state index is 0.256. The van der Waals surface area contributed by atoms with E-state index in [9.17, 15) is 0 Å². The van der Waals surface area contributed by atoms with Crippen molar-refractivity contribution in [2.24, 2.45) is 5.92 Å². The Balaban J connectivity index is 2.21. The second kappa shape index (κ2) is 5.67. The summed E-state index contributed by atoms with van der Waals surface area (Å²) in [6.07, 6.45) is 2.32. The van der Waals surface area contributed by atoms with Crippen LogP contribution < -0.4 is 10.5 Å². The summed E-state index contributed by atoms with van der Waals surface area (Å²) in [6.45, 7) is 5.01. The number of nitrogen functional groups attached to an aromatic ring is 1. The number of ether oxygens (including phenoxy) is 1. The van der Waals surface area contributed by atoms with Crippen molar-refractivity contribution in [3.8, 4) is 5.88 Å². The Morgan fingerprint density at radius 2 is 2.06 bits per heavy atom. The van der Waals surface area contributed by atoms with Gasteiger partial charge >= 0.3 is 0 Å². The van der Waals surface area contributed by atoms with Crippen LogP contribution in [0.1, 0.15) is 26.7 Å². The zero-order valence-electron chi connectivity index (χ0n) is 10.9. The van der Waals surface area contributed by atoms with Gasteiger partial charge in [0, 0.05) is 0 Å². The van der Waals surface area contributed by atoms with Crippen LogP contribution in [-0.2, 0) is 0 Å². The Morgan fingerprint density at radius 3 is 2.83 bits per heavy atom. The molecule has 0 bridgehead atoms. The maximum atomic E-state index is 5.78. The van der Waals surface area contributed by atoms with Crippen LogP contribution in [0.2, 0.25) is 0 Å². The largest absolute Gasteiger partial charge is 0.477 e. The Bertz CT molecular complexity index is 527. The van der Waals surface area contributed by atoms with Crippen molar-refractivity contribution in [1.82, 2.24) is 9.97 Å². The summed E-state index contributed by atoms with van der Waals surface area (Å²) in [5, 5.41) is 0.912. The molecule has 1 atom stereocenters. The molecule has 1 aromatic carbocycles. The third kappa shape index (κ3) is 2.88. The third-order valence-electron chi connectivity index (χ3n) is 2.87. The highest BCUT2D eigenvalue weighted by Crippen LogP contribution is 2.23. The molecule has 1 unspecified atom stereocenters. The van der Waals surface area contributed by atoms with Gasteiger partial charge in [0.15, 0.2) is 0 Å². The molecule has 0 aliphatic heterocycles. The number of fused-ring (bicyclic) bond motifs is 1. The van der Waals surface area contributed by atoms with Gasteiger partial charge in [-0.25, -0.2) is 4.98 Å². The summed E-state index contributed by atoms with van der Waals surface area (Å²) < 4.78 is 5.78. The minimum absolute atomic E-state index is 0.256. The molecule has 2 aromatic rings. The van der Waals surface area contributed by atoms with Crippen molar-refractivity contribution in [2.75, 3.05) is 12.3 Å². The lowest BCUT2D eigenvalue weighted by Gasteiger charge is -2.13. The van der Waals surface area contributed by atoms with E-state index in [4.69, 9.17) is 10.5 Å². The molecule has 4 nitrogen and oxygen atoms in total. The number of nitrogens with two attached hydrogens (primary N) is 1. The van der Waals surface area contributed by atoms with Crippen LogP contribution in [0.15, 0.2) is 24.3 Å². The van der Waals surface area contributed by atoms with Crippen molar-refractivity contribution < 1.29 is 4.74 Å². The number of hydrogen-bond acceptors (Lipinski definition) is 4. The normalized spacial score (nSPS) is 12.6. The van der Waals surface area contributed by atoms with E-state index in [0.717, 1.165) is 23.7 Å². The van der Waals surface area contributed by atoms with Crippen LogP contribution in [0.5, 0.6) is 5.88 Å². The molecule has 2 rings (SSSR count). The zero-order chi connectivity index (χ0) is 13.0. The number of para-hydroxylation sites is 1. The van der Waals surface area contributed by atoms with Crippen LogP contribution in [0.25, 0.3) is 10.9 Å². The highest BCUT2D eigenvalue weighted by Gasteiger charge is 2.08. The number of rotatable bonds is 5. The molecule has 1 heterocycles. The van der Waals surface area contributed by atoms with Crippen molar-refractivity contribution in [2.45, 2.75) is 26.7 Å². The van der Waals surface area contributed by atoms with Gasteiger partial charge < -0.3 is 10.5 Å². The van der Waals surface area contributed by atoms with Crippen molar-refractivity contribution in [3.63, 3.8) is 0 Å². The minimum Gasteiger partial charge on any atom is -0.477 e. The van der Waals surface area contributed by atoms with Crippen molar-refractivity contribution in [3.05, 3.63) is 24.3 Å². The summed E-state index contributed by atoms with van der Waals surface area (Å²) in [5.41, 5.74) is 6.51. The van der Waals surface area contributed by atoms with Crippen LogP contribution in [-0.4, -0.2) is 16.6 Å². The van der Waals surface area contributed by atoms with Crippen LogP contribution >= 0.6 is 0 Å². The SMILES string of the molecule is CCCC(C)COc1nc(N)nc2ccccc12. The first-order valence-electron chi connectivity index (χ1n) is 6.35. The van der Waals surface area contributed by atoms with E-state index in [0.29, 0.717) is 18.4 Å². The molecule has 0 amide bonds. The maximum absolute atomic E-state index is 5.78. The quantitative estimate of drug-likeness (QED) is 0.879. The molecule has 0 radical (unpaired) electrons. The van der Waals surface area contributed by atoms with Crippen LogP contribution in [0.4, 0.5) is 5.95 Å². The second-order valence-electron chi connectivity index (χ2n) is 4.61. The molecule has 96 valence electrons. The fourth-order valence-corrected chi connectivity index (χ4v) is 1.97.